The van der Waals surface area contributed by atoms with Crippen molar-refractivity contribution in [2.45, 2.75) is 25.4 Å². The summed E-state index contributed by atoms with van der Waals surface area (Å²) in [5.41, 5.74) is 1.80. The Labute approximate surface area is 219 Å². The lowest BCUT2D eigenvalue weighted by molar-refractivity contribution is -0.140. The van der Waals surface area contributed by atoms with Crippen molar-refractivity contribution in [1.29, 1.82) is 0 Å². The van der Waals surface area contributed by atoms with Crippen LogP contribution in [0.4, 0.5) is 13.2 Å². The number of nitrogens with zero attached hydrogens (tertiary/aromatic N) is 1. The molecule has 0 fully saturated rings. The average molecular weight is 571 g/mol. The standard InChI is InChI=1S/C28H22BrF3N2O3/c1-16-25(21-14-19(29)11-12-23(21)34-26(16)17-7-3-2-4-8-17)27(37)33-15-18(13-24(35)36)20-9-5-6-10-22(20)28(30,31)32/h2-12,14,18H,13,15H2,1H3,(H,33,37)(H,35,36). The molecule has 4 rings (SSSR count). The monoisotopic (exact) mass is 570 g/mol. The van der Waals surface area contributed by atoms with Crippen LogP contribution in [0.2, 0.25) is 0 Å². The number of hydrogen-bond acceptors (Lipinski definition) is 3. The highest BCUT2D eigenvalue weighted by molar-refractivity contribution is 9.10. The van der Waals surface area contributed by atoms with Crippen molar-refractivity contribution in [3.05, 3.63) is 99.5 Å². The van der Waals surface area contributed by atoms with E-state index in [0.29, 0.717) is 27.7 Å². The lowest BCUT2D eigenvalue weighted by Gasteiger charge is -2.22. The molecule has 0 saturated heterocycles. The van der Waals surface area contributed by atoms with E-state index >= 15 is 0 Å². The molecule has 1 unspecified atom stereocenters. The molecule has 0 saturated carbocycles. The lowest BCUT2D eigenvalue weighted by atomic mass is 9.90. The number of rotatable bonds is 7. The minimum Gasteiger partial charge on any atom is -0.481 e. The van der Waals surface area contributed by atoms with Crippen LogP contribution in [0.15, 0.2) is 77.3 Å². The number of aliphatic carboxylic acids is 1. The number of carbonyl (C=O) groups excluding carboxylic acids is 1. The van der Waals surface area contributed by atoms with E-state index in [9.17, 15) is 27.9 Å². The molecule has 0 bridgehead atoms. The fraction of sp³-hybridized carbons (Fsp3) is 0.179. The molecule has 1 heterocycles. The topological polar surface area (TPSA) is 79.3 Å². The van der Waals surface area contributed by atoms with Gasteiger partial charge in [-0.15, -0.1) is 0 Å². The van der Waals surface area contributed by atoms with E-state index in [1.54, 1.807) is 25.1 Å². The summed E-state index contributed by atoms with van der Waals surface area (Å²) < 4.78 is 41.6. The summed E-state index contributed by atoms with van der Waals surface area (Å²) in [6.45, 7) is 1.47. The molecule has 0 radical (unpaired) electrons. The second-order valence-electron chi connectivity index (χ2n) is 8.58. The second-order valence-corrected chi connectivity index (χ2v) is 9.49. The van der Waals surface area contributed by atoms with Crippen LogP contribution in [0.3, 0.4) is 0 Å². The van der Waals surface area contributed by atoms with Crippen molar-refractivity contribution in [1.82, 2.24) is 10.3 Å². The van der Waals surface area contributed by atoms with E-state index in [1.165, 1.54) is 18.2 Å². The van der Waals surface area contributed by atoms with Crippen LogP contribution in [-0.2, 0) is 11.0 Å². The molecule has 190 valence electrons. The van der Waals surface area contributed by atoms with Crippen molar-refractivity contribution in [3.8, 4) is 11.3 Å². The van der Waals surface area contributed by atoms with E-state index in [4.69, 9.17) is 4.98 Å². The number of carboxylic acid groups (broad SMARTS) is 1. The van der Waals surface area contributed by atoms with Crippen LogP contribution >= 0.6 is 15.9 Å². The maximum absolute atomic E-state index is 13.6. The number of pyridine rings is 1. The molecule has 5 nitrogen and oxygen atoms in total. The smallest absolute Gasteiger partial charge is 0.416 e. The summed E-state index contributed by atoms with van der Waals surface area (Å²) in [5, 5.41) is 12.7. The fourth-order valence-corrected chi connectivity index (χ4v) is 4.78. The summed E-state index contributed by atoms with van der Waals surface area (Å²) >= 11 is 3.42. The van der Waals surface area contributed by atoms with E-state index in [-0.39, 0.29) is 12.1 Å². The zero-order valence-corrected chi connectivity index (χ0v) is 21.2. The molecule has 3 aromatic carbocycles. The fourth-order valence-electron chi connectivity index (χ4n) is 4.42. The van der Waals surface area contributed by atoms with Gasteiger partial charge in [0.2, 0.25) is 0 Å². The molecular formula is C28H22BrF3N2O3. The van der Waals surface area contributed by atoms with Gasteiger partial charge in [-0.2, -0.15) is 13.2 Å². The summed E-state index contributed by atoms with van der Waals surface area (Å²) in [5.74, 6) is -2.88. The highest BCUT2D eigenvalue weighted by atomic mass is 79.9. The Hall–Kier alpha value is -3.72. The third kappa shape index (κ3) is 5.83. The van der Waals surface area contributed by atoms with E-state index in [2.05, 4.69) is 21.2 Å². The van der Waals surface area contributed by atoms with Gasteiger partial charge in [0.05, 0.1) is 28.8 Å². The number of fused-ring (bicyclic) bond motifs is 1. The molecule has 0 aliphatic rings. The third-order valence-corrected chi connectivity index (χ3v) is 6.59. The van der Waals surface area contributed by atoms with Gasteiger partial charge in [-0.25, -0.2) is 4.98 Å². The highest BCUT2D eigenvalue weighted by Crippen LogP contribution is 2.36. The number of halogens is 4. The van der Waals surface area contributed by atoms with Crippen molar-refractivity contribution in [2.24, 2.45) is 0 Å². The molecule has 1 atom stereocenters. The predicted molar refractivity (Wildman–Crippen MR) is 138 cm³/mol. The minimum atomic E-state index is -4.66. The van der Waals surface area contributed by atoms with E-state index in [1.807, 2.05) is 30.3 Å². The molecule has 0 aliphatic carbocycles. The van der Waals surface area contributed by atoms with Gasteiger partial charge in [-0.05, 0) is 42.3 Å². The number of nitrogens with one attached hydrogen (secondary N) is 1. The Morgan fingerprint density at radius 3 is 2.38 bits per heavy atom. The second kappa shape index (κ2) is 10.7. The molecule has 37 heavy (non-hydrogen) atoms. The average Bonchev–Trinajstić information content (AvgIpc) is 2.86. The number of carboxylic acids is 1. The summed E-state index contributed by atoms with van der Waals surface area (Å²) in [6, 6.07) is 19.5. The number of aromatic nitrogens is 1. The number of amides is 1. The normalized spacial score (nSPS) is 12.4. The third-order valence-electron chi connectivity index (χ3n) is 6.10. The maximum Gasteiger partial charge on any atom is 0.416 e. The Kier molecular flexibility index (Phi) is 7.63. The number of alkyl halides is 3. The van der Waals surface area contributed by atoms with Gasteiger partial charge in [0, 0.05) is 27.9 Å². The first-order valence-corrected chi connectivity index (χ1v) is 12.2. The van der Waals surface area contributed by atoms with Crippen LogP contribution in [0.1, 0.15) is 39.4 Å². The Morgan fingerprint density at radius 1 is 1.03 bits per heavy atom. The number of hydrogen-bond donors (Lipinski definition) is 2. The van der Waals surface area contributed by atoms with E-state index < -0.39 is 36.0 Å². The minimum absolute atomic E-state index is 0.179. The van der Waals surface area contributed by atoms with Crippen LogP contribution in [0, 0.1) is 6.92 Å². The van der Waals surface area contributed by atoms with Gasteiger partial charge in [-0.1, -0.05) is 64.5 Å². The summed E-state index contributed by atoms with van der Waals surface area (Å²) in [4.78, 5) is 29.8. The first-order chi connectivity index (χ1) is 17.6. The molecule has 4 aromatic rings. The molecule has 1 amide bonds. The van der Waals surface area contributed by atoms with Gasteiger partial charge < -0.3 is 10.4 Å². The predicted octanol–water partition coefficient (Wildman–Crippen LogP) is 6.98. The Balaban J connectivity index is 1.75. The van der Waals surface area contributed by atoms with Crippen molar-refractivity contribution < 1.29 is 27.9 Å². The van der Waals surface area contributed by atoms with Crippen molar-refractivity contribution >= 4 is 38.7 Å². The molecule has 0 aliphatic heterocycles. The molecule has 1 aromatic heterocycles. The SMILES string of the molecule is Cc1c(-c2ccccc2)nc2ccc(Br)cc2c1C(=O)NCC(CC(=O)O)c1ccccc1C(F)(F)F. The summed E-state index contributed by atoms with van der Waals surface area (Å²) in [6.07, 6.45) is -5.24. The molecule has 0 spiro atoms. The van der Waals surface area contributed by atoms with Gasteiger partial charge in [-0.3, -0.25) is 9.59 Å². The lowest BCUT2D eigenvalue weighted by Crippen LogP contribution is -2.31. The largest absolute Gasteiger partial charge is 0.481 e. The molecular weight excluding hydrogens is 549 g/mol. The van der Waals surface area contributed by atoms with Crippen LogP contribution in [0.25, 0.3) is 22.2 Å². The zero-order chi connectivity index (χ0) is 26.7. The van der Waals surface area contributed by atoms with Crippen LogP contribution in [-0.4, -0.2) is 28.5 Å². The Bertz CT molecular complexity index is 1470. The van der Waals surface area contributed by atoms with Crippen LogP contribution < -0.4 is 5.32 Å². The summed E-state index contributed by atoms with van der Waals surface area (Å²) in [7, 11) is 0. The number of benzene rings is 3. The van der Waals surface area contributed by atoms with Gasteiger partial charge in [0.1, 0.15) is 0 Å². The zero-order valence-electron chi connectivity index (χ0n) is 19.6. The maximum atomic E-state index is 13.6. The van der Waals surface area contributed by atoms with Gasteiger partial charge >= 0.3 is 12.1 Å². The van der Waals surface area contributed by atoms with Gasteiger partial charge in [0.25, 0.3) is 5.91 Å². The Morgan fingerprint density at radius 2 is 1.70 bits per heavy atom. The quantitative estimate of drug-likeness (QED) is 0.251. The first kappa shape index (κ1) is 26.3. The number of carbonyl (C=O) groups is 2. The molecule has 9 heteroatoms. The first-order valence-electron chi connectivity index (χ1n) is 11.4. The van der Waals surface area contributed by atoms with Crippen molar-refractivity contribution in [2.75, 3.05) is 6.54 Å². The molecule has 2 N–H and O–H groups in total. The van der Waals surface area contributed by atoms with Crippen molar-refractivity contribution in [3.63, 3.8) is 0 Å². The van der Waals surface area contributed by atoms with Crippen LogP contribution in [0.5, 0.6) is 0 Å². The van der Waals surface area contributed by atoms with E-state index in [0.717, 1.165) is 16.1 Å². The van der Waals surface area contributed by atoms with Gasteiger partial charge in [0.15, 0.2) is 0 Å². The highest BCUT2D eigenvalue weighted by Gasteiger charge is 2.35.